The molecule has 0 saturated heterocycles. The zero-order valence-electron chi connectivity index (χ0n) is 18.1. The second-order valence-corrected chi connectivity index (χ2v) is 7.43. The van der Waals surface area contributed by atoms with Crippen LogP contribution in [0.4, 0.5) is 5.82 Å². The summed E-state index contributed by atoms with van der Waals surface area (Å²) in [5.41, 5.74) is 8.68. The first-order valence-electron chi connectivity index (χ1n) is 10.4. The highest BCUT2D eigenvalue weighted by molar-refractivity contribution is 5.97. The van der Waals surface area contributed by atoms with Crippen molar-refractivity contribution in [2.75, 3.05) is 12.8 Å². The molecule has 0 bridgehead atoms. The monoisotopic (exact) mass is 440 g/mol. The summed E-state index contributed by atoms with van der Waals surface area (Å²) in [6.07, 6.45) is 0.540. The van der Waals surface area contributed by atoms with Crippen molar-refractivity contribution < 1.29 is 14.6 Å². The van der Waals surface area contributed by atoms with Gasteiger partial charge in [0.1, 0.15) is 11.9 Å². The number of ether oxygens (including phenoxy) is 1. The SMILES string of the molecule is COc1ccc(-c2cnc(N)c(C(=O)N[C@@H](c3ccccc3)[C@@H](O)c3ccccc3)n2)cc1. The number of anilines is 1. The largest absolute Gasteiger partial charge is 0.497 e. The molecule has 1 amide bonds. The van der Waals surface area contributed by atoms with Gasteiger partial charge in [-0.1, -0.05) is 60.7 Å². The molecular formula is C26H24N4O3. The predicted octanol–water partition coefficient (Wildman–Crippen LogP) is 3.94. The maximum absolute atomic E-state index is 13.2. The van der Waals surface area contributed by atoms with E-state index in [2.05, 4.69) is 15.3 Å². The summed E-state index contributed by atoms with van der Waals surface area (Å²) in [7, 11) is 1.59. The van der Waals surface area contributed by atoms with Gasteiger partial charge in [-0.15, -0.1) is 0 Å². The van der Waals surface area contributed by atoms with Crippen LogP contribution < -0.4 is 15.8 Å². The lowest BCUT2D eigenvalue weighted by Gasteiger charge is -2.25. The molecule has 0 saturated carbocycles. The lowest BCUT2D eigenvalue weighted by atomic mass is 9.95. The molecule has 2 atom stereocenters. The highest BCUT2D eigenvalue weighted by Gasteiger charge is 2.26. The fourth-order valence-electron chi connectivity index (χ4n) is 3.52. The molecule has 3 aromatic carbocycles. The van der Waals surface area contributed by atoms with Gasteiger partial charge >= 0.3 is 0 Å². The van der Waals surface area contributed by atoms with Crippen molar-refractivity contribution in [3.05, 3.63) is 108 Å². The van der Waals surface area contributed by atoms with E-state index in [1.54, 1.807) is 19.2 Å². The zero-order valence-corrected chi connectivity index (χ0v) is 18.1. The van der Waals surface area contributed by atoms with Crippen LogP contribution in [-0.4, -0.2) is 28.1 Å². The Labute approximate surface area is 191 Å². The van der Waals surface area contributed by atoms with Crippen LogP contribution in [0.15, 0.2) is 91.1 Å². The summed E-state index contributed by atoms with van der Waals surface area (Å²) in [5, 5.41) is 14.0. The Morgan fingerprint density at radius 2 is 1.55 bits per heavy atom. The number of aliphatic hydroxyl groups excluding tert-OH is 1. The number of carbonyl (C=O) groups is 1. The number of nitrogens with zero attached hydrogens (tertiary/aromatic N) is 2. The lowest BCUT2D eigenvalue weighted by Crippen LogP contribution is -2.34. The van der Waals surface area contributed by atoms with E-state index in [1.165, 1.54) is 6.20 Å². The zero-order chi connectivity index (χ0) is 23.2. The van der Waals surface area contributed by atoms with E-state index in [0.29, 0.717) is 17.0 Å². The number of rotatable bonds is 7. The minimum atomic E-state index is -0.975. The van der Waals surface area contributed by atoms with Gasteiger partial charge in [-0.05, 0) is 35.4 Å². The first-order chi connectivity index (χ1) is 16.1. The molecule has 1 heterocycles. The topological polar surface area (TPSA) is 110 Å². The van der Waals surface area contributed by atoms with Crippen LogP contribution in [0.3, 0.4) is 0 Å². The molecule has 4 rings (SSSR count). The van der Waals surface area contributed by atoms with Crippen LogP contribution in [0.5, 0.6) is 5.75 Å². The second-order valence-electron chi connectivity index (χ2n) is 7.43. The molecule has 33 heavy (non-hydrogen) atoms. The summed E-state index contributed by atoms with van der Waals surface area (Å²) < 4.78 is 5.19. The molecule has 0 radical (unpaired) electrons. The Kier molecular flexibility index (Phi) is 6.61. The maximum atomic E-state index is 13.2. The standard InChI is InChI=1S/C26H24N4O3/c1-33-20-14-12-17(13-15-20)21-16-28-25(27)23(29-21)26(32)30-22(18-8-4-2-5-9-18)24(31)19-10-6-3-7-11-19/h2-16,22,24,31H,1H3,(H2,27,28)(H,30,32)/t22-,24-/m0/s1. The number of nitrogen functional groups attached to an aromatic ring is 1. The van der Waals surface area contributed by atoms with E-state index in [9.17, 15) is 9.90 Å². The number of nitrogens with two attached hydrogens (primary N) is 1. The van der Waals surface area contributed by atoms with E-state index in [0.717, 1.165) is 11.1 Å². The van der Waals surface area contributed by atoms with Crippen LogP contribution in [0.25, 0.3) is 11.3 Å². The maximum Gasteiger partial charge on any atom is 0.274 e. The van der Waals surface area contributed by atoms with E-state index >= 15 is 0 Å². The predicted molar refractivity (Wildman–Crippen MR) is 126 cm³/mol. The van der Waals surface area contributed by atoms with Gasteiger partial charge in [0.05, 0.1) is 25.0 Å². The molecule has 7 heteroatoms. The van der Waals surface area contributed by atoms with Gasteiger partial charge in [-0.3, -0.25) is 4.79 Å². The van der Waals surface area contributed by atoms with E-state index in [1.807, 2.05) is 72.8 Å². The fraction of sp³-hybridized carbons (Fsp3) is 0.115. The van der Waals surface area contributed by atoms with Crippen molar-refractivity contribution in [1.29, 1.82) is 0 Å². The van der Waals surface area contributed by atoms with E-state index in [-0.39, 0.29) is 11.5 Å². The second kappa shape index (κ2) is 9.93. The summed E-state index contributed by atoms with van der Waals surface area (Å²) in [6, 6.07) is 25.0. The Bertz CT molecular complexity index is 1220. The van der Waals surface area contributed by atoms with Crippen molar-refractivity contribution in [1.82, 2.24) is 15.3 Å². The number of benzene rings is 3. The molecule has 7 nitrogen and oxygen atoms in total. The van der Waals surface area contributed by atoms with Gasteiger partial charge in [-0.2, -0.15) is 0 Å². The minimum absolute atomic E-state index is 0.00535. The molecule has 0 aliphatic carbocycles. The molecule has 0 aliphatic heterocycles. The Balaban J connectivity index is 1.65. The quantitative estimate of drug-likeness (QED) is 0.402. The smallest absolute Gasteiger partial charge is 0.274 e. The van der Waals surface area contributed by atoms with Gasteiger partial charge in [0.2, 0.25) is 0 Å². The van der Waals surface area contributed by atoms with Gasteiger partial charge in [-0.25, -0.2) is 9.97 Å². The molecule has 166 valence electrons. The molecule has 1 aromatic heterocycles. The van der Waals surface area contributed by atoms with Crippen LogP contribution in [0, 0.1) is 0 Å². The average molecular weight is 441 g/mol. The number of amides is 1. The fourth-order valence-corrected chi connectivity index (χ4v) is 3.52. The molecular weight excluding hydrogens is 416 g/mol. The number of aliphatic hydroxyl groups is 1. The summed E-state index contributed by atoms with van der Waals surface area (Å²) in [6.45, 7) is 0. The number of methoxy groups -OCH3 is 1. The normalized spacial score (nSPS) is 12.5. The molecule has 4 N–H and O–H groups in total. The summed E-state index contributed by atoms with van der Waals surface area (Å²) in [4.78, 5) is 21.9. The number of hydrogen-bond acceptors (Lipinski definition) is 6. The first kappa shape index (κ1) is 22.0. The van der Waals surface area contributed by atoms with Gasteiger partial charge in [0.25, 0.3) is 5.91 Å². The highest BCUT2D eigenvalue weighted by Crippen LogP contribution is 2.29. The number of carbonyl (C=O) groups excluding carboxylic acids is 1. The highest BCUT2D eigenvalue weighted by atomic mass is 16.5. The van der Waals surface area contributed by atoms with Crippen LogP contribution >= 0.6 is 0 Å². The molecule has 4 aromatic rings. The third-order valence-corrected chi connectivity index (χ3v) is 5.30. The molecule has 0 unspecified atom stereocenters. The summed E-state index contributed by atoms with van der Waals surface area (Å²) in [5.74, 6) is 0.186. The summed E-state index contributed by atoms with van der Waals surface area (Å²) >= 11 is 0. The van der Waals surface area contributed by atoms with Gasteiger partial charge in [0, 0.05) is 5.56 Å². The van der Waals surface area contributed by atoms with Crippen molar-refractivity contribution >= 4 is 11.7 Å². The van der Waals surface area contributed by atoms with Crippen LogP contribution in [0.2, 0.25) is 0 Å². The van der Waals surface area contributed by atoms with E-state index < -0.39 is 18.1 Å². The van der Waals surface area contributed by atoms with Crippen molar-refractivity contribution in [2.24, 2.45) is 0 Å². The number of hydrogen-bond donors (Lipinski definition) is 3. The third-order valence-electron chi connectivity index (χ3n) is 5.30. The lowest BCUT2D eigenvalue weighted by molar-refractivity contribution is 0.0827. The van der Waals surface area contributed by atoms with Crippen molar-refractivity contribution in [2.45, 2.75) is 12.1 Å². The Hall–Kier alpha value is -4.23. The third kappa shape index (κ3) is 4.99. The molecule has 0 aliphatic rings. The first-order valence-corrected chi connectivity index (χ1v) is 10.4. The number of nitrogens with one attached hydrogen (secondary N) is 1. The Morgan fingerprint density at radius 3 is 2.15 bits per heavy atom. The van der Waals surface area contributed by atoms with Crippen LogP contribution in [-0.2, 0) is 0 Å². The van der Waals surface area contributed by atoms with Crippen molar-refractivity contribution in [3.63, 3.8) is 0 Å². The van der Waals surface area contributed by atoms with Crippen LogP contribution in [0.1, 0.15) is 33.8 Å². The Morgan fingerprint density at radius 1 is 0.939 bits per heavy atom. The minimum Gasteiger partial charge on any atom is -0.497 e. The van der Waals surface area contributed by atoms with Crippen molar-refractivity contribution in [3.8, 4) is 17.0 Å². The van der Waals surface area contributed by atoms with Gasteiger partial charge in [0.15, 0.2) is 11.5 Å². The molecule has 0 spiro atoms. The van der Waals surface area contributed by atoms with E-state index in [4.69, 9.17) is 10.5 Å². The van der Waals surface area contributed by atoms with Gasteiger partial charge < -0.3 is 20.9 Å². The average Bonchev–Trinajstić information content (AvgIpc) is 2.88. The molecule has 0 fully saturated rings. The number of aromatic nitrogens is 2.